The molecule has 1 amide bonds. The molecule has 0 saturated carbocycles. The average molecular weight is 1010 g/mol. The molecule has 0 unspecified atom stereocenters. The molecular formula is C55H60N8O11. The predicted molar refractivity (Wildman–Crippen MR) is 271 cm³/mol. The summed E-state index contributed by atoms with van der Waals surface area (Å²) < 4.78 is 19.4. The van der Waals surface area contributed by atoms with Crippen LogP contribution in [0.4, 0.5) is 4.79 Å². The first kappa shape index (κ1) is 49.2. The smallest absolute Gasteiger partial charge is 0.415 e. The molecule has 0 spiro atoms. The Hall–Kier alpha value is -7.06. The highest BCUT2D eigenvalue weighted by atomic mass is 16.6. The average Bonchev–Trinajstić information content (AvgIpc) is 3.97. The van der Waals surface area contributed by atoms with Gasteiger partial charge in [-0.1, -0.05) is 27.2 Å². The van der Waals surface area contributed by atoms with Crippen LogP contribution in [0.3, 0.4) is 0 Å². The fourth-order valence-electron chi connectivity index (χ4n) is 11.9. The summed E-state index contributed by atoms with van der Waals surface area (Å²) in [6.45, 7) is 9.85. The molecule has 0 aliphatic carbocycles. The highest BCUT2D eigenvalue weighted by molar-refractivity contribution is 5.91. The Labute approximate surface area is 425 Å². The number of phenols is 1. The number of aromatic nitrogens is 5. The number of rotatable bonds is 7. The maximum Gasteiger partial charge on any atom is 0.415 e. The third kappa shape index (κ3) is 7.93. The molecule has 2 saturated heterocycles. The van der Waals surface area contributed by atoms with Gasteiger partial charge in [0.1, 0.15) is 30.4 Å². The summed E-state index contributed by atoms with van der Waals surface area (Å²) in [5.41, 5.74) is 4.24. The minimum Gasteiger partial charge on any atom is -0.508 e. The second-order valence-electron chi connectivity index (χ2n) is 20.5. The largest absolute Gasteiger partial charge is 0.508 e. The van der Waals surface area contributed by atoms with Crippen LogP contribution in [-0.2, 0) is 69.5 Å². The van der Waals surface area contributed by atoms with Crippen molar-refractivity contribution in [3.8, 4) is 34.3 Å². The van der Waals surface area contributed by atoms with E-state index in [1.54, 1.807) is 53.3 Å². The Morgan fingerprint density at radius 3 is 1.93 bits per heavy atom. The minimum atomic E-state index is -1.86. The zero-order chi connectivity index (χ0) is 52.0. The molecule has 0 bridgehead atoms. The van der Waals surface area contributed by atoms with Crippen LogP contribution < -0.4 is 15.9 Å². The van der Waals surface area contributed by atoms with E-state index in [0.29, 0.717) is 101 Å². The lowest BCUT2D eigenvalue weighted by Crippen LogP contribution is -2.48. The normalized spacial score (nSPS) is 21.0. The molecule has 2 aromatic carbocycles. The van der Waals surface area contributed by atoms with Gasteiger partial charge in [0, 0.05) is 53.3 Å². The summed E-state index contributed by atoms with van der Waals surface area (Å²) in [7, 11) is 3.80. The first-order chi connectivity index (χ1) is 35.6. The number of carbonyl (C=O) groups is 3. The standard InChI is InChI=1S/C33H38N4O6.C22H22N4O5/c1-3-22-23-16-21(43-32(40)36-14-10-20(11-15-36)35-12-6-5-7-13-35)8-9-27(23)34-29-24(22)18-37-28(29)17-26-25(30(37)38)19-42-31(39)33(26,41)4-2;1-4-22(30)13-7-16-19-15(9-26(16)20(28)12(13)10-31-21(22)29)24-18-11(8-25(2)3)17(27)6-5-14(18)23-19/h8-9,16-17,20,41H,3-7,10-15,18-19H2,1-2H3;5-7,27,30H,4,8-10H2,1-3H3/t33-;22-/m00/s1. The van der Waals surface area contributed by atoms with Gasteiger partial charge in [0.2, 0.25) is 0 Å². The van der Waals surface area contributed by atoms with Gasteiger partial charge < -0.3 is 53.4 Å². The van der Waals surface area contributed by atoms with Crippen LogP contribution in [0.5, 0.6) is 11.5 Å². The van der Waals surface area contributed by atoms with Crippen molar-refractivity contribution in [3.05, 3.63) is 108 Å². The number of hydrogen-bond acceptors (Lipinski definition) is 16. The van der Waals surface area contributed by atoms with Crippen LogP contribution in [0.2, 0.25) is 0 Å². The van der Waals surface area contributed by atoms with Crippen molar-refractivity contribution in [1.82, 2.24) is 38.8 Å². The van der Waals surface area contributed by atoms with Gasteiger partial charge in [-0.3, -0.25) is 9.59 Å². The Morgan fingerprint density at radius 1 is 0.730 bits per heavy atom. The molecule has 12 rings (SSSR count). The number of aromatic hydroxyl groups is 1. The minimum absolute atomic E-state index is 0.0884. The summed E-state index contributed by atoms with van der Waals surface area (Å²) >= 11 is 0. The van der Waals surface area contributed by atoms with Crippen molar-refractivity contribution < 1.29 is 43.9 Å². The lowest BCUT2D eigenvalue weighted by Gasteiger charge is -2.39. The Balaban J connectivity index is 0.000000168. The van der Waals surface area contributed by atoms with Crippen LogP contribution in [-0.4, -0.2) is 118 Å². The van der Waals surface area contributed by atoms with Gasteiger partial charge in [-0.15, -0.1) is 0 Å². The first-order valence-corrected chi connectivity index (χ1v) is 25.7. The van der Waals surface area contributed by atoms with E-state index < -0.39 is 23.1 Å². The number of pyridine rings is 3. The second kappa shape index (κ2) is 18.7. The number of hydrogen-bond donors (Lipinski definition) is 3. The lowest BCUT2D eigenvalue weighted by atomic mass is 9.86. The highest BCUT2D eigenvalue weighted by Crippen LogP contribution is 2.42. The third-order valence-electron chi connectivity index (χ3n) is 16.0. The Morgan fingerprint density at radius 2 is 1.32 bits per heavy atom. The van der Waals surface area contributed by atoms with Gasteiger partial charge in [0.05, 0.1) is 63.5 Å². The molecule has 3 N–H and O–H groups in total. The lowest BCUT2D eigenvalue weighted by molar-refractivity contribution is -0.172. The molecule has 6 aliphatic rings. The fraction of sp³-hybridized carbons (Fsp3) is 0.455. The van der Waals surface area contributed by atoms with Crippen molar-refractivity contribution in [3.63, 3.8) is 0 Å². The SMILES string of the molecule is CC[C@@]1(O)C(=O)OCc2c1cc1n(c2=O)Cc2nc3c(CN(C)C)c(O)ccc3nc2-1.CCc1c2c(nc3ccc(OC(=O)N4CCC(N5CCCCC5)CC4)cc13)-c1cc3c(c(=O)n1C2)COC(=O)[C@]3(O)CC. The fourth-order valence-corrected chi connectivity index (χ4v) is 11.9. The summed E-state index contributed by atoms with van der Waals surface area (Å²) in [5, 5.41) is 33.3. The number of carbonyl (C=O) groups excluding carboxylic acids is 3. The van der Waals surface area contributed by atoms with Gasteiger partial charge in [0.15, 0.2) is 11.2 Å². The van der Waals surface area contributed by atoms with Gasteiger partial charge in [-0.25, -0.2) is 29.3 Å². The number of esters is 2. The number of ether oxygens (including phenoxy) is 3. The summed E-state index contributed by atoms with van der Waals surface area (Å²) in [4.78, 5) is 85.4. The summed E-state index contributed by atoms with van der Waals surface area (Å²) in [6.07, 6.45) is 6.35. The molecule has 0 radical (unpaired) electrons. The topological polar surface area (TPSA) is 232 Å². The maximum atomic E-state index is 13.6. The summed E-state index contributed by atoms with van der Waals surface area (Å²) in [6, 6.07) is 12.7. The van der Waals surface area contributed by atoms with E-state index in [9.17, 15) is 39.3 Å². The molecule has 2 fully saturated rings. The van der Waals surface area contributed by atoms with Gasteiger partial charge in [-0.2, -0.15) is 0 Å². The number of phenolic OH excluding ortho intramolecular Hbond substituents is 1. The first-order valence-electron chi connectivity index (χ1n) is 25.7. The molecular weight excluding hydrogens is 949 g/mol. The Kier molecular flexibility index (Phi) is 12.4. The number of fused-ring (bicyclic) bond motifs is 10. The number of nitrogens with zero attached hydrogens (tertiary/aromatic N) is 8. The molecule has 386 valence electrons. The zero-order valence-electron chi connectivity index (χ0n) is 42.3. The molecule has 6 aliphatic heterocycles. The number of cyclic esters (lactones) is 2. The van der Waals surface area contributed by atoms with Gasteiger partial charge in [0.25, 0.3) is 11.1 Å². The van der Waals surface area contributed by atoms with E-state index in [-0.39, 0.29) is 66.7 Å². The highest BCUT2D eigenvalue weighted by Gasteiger charge is 2.47. The van der Waals surface area contributed by atoms with Crippen LogP contribution in [0.1, 0.15) is 110 Å². The van der Waals surface area contributed by atoms with Crippen molar-refractivity contribution in [2.24, 2.45) is 0 Å². The van der Waals surface area contributed by atoms with Crippen LogP contribution in [0.25, 0.3) is 44.7 Å². The van der Waals surface area contributed by atoms with E-state index in [1.807, 2.05) is 36.0 Å². The van der Waals surface area contributed by atoms with E-state index in [0.717, 1.165) is 34.9 Å². The predicted octanol–water partition coefficient (Wildman–Crippen LogP) is 5.33. The number of benzene rings is 2. The maximum absolute atomic E-state index is 13.6. The molecule has 74 heavy (non-hydrogen) atoms. The van der Waals surface area contributed by atoms with Crippen LogP contribution >= 0.6 is 0 Å². The van der Waals surface area contributed by atoms with E-state index >= 15 is 0 Å². The van der Waals surface area contributed by atoms with Crippen molar-refractivity contribution in [2.75, 3.05) is 40.3 Å². The van der Waals surface area contributed by atoms with E-state index in [1.165, 1.54) is 32.4 Å². The summed E-state index contributed by atoms with van der Waals surface area (Å²) in [5.74, 6) is -0.876. The van der Waals surface area contributed by atoms with Crippen molar-refractivity contribution in [1.29, 1.82) is 0 Å². The number of piperidine rings is 2. The number of amides is 1. The van der Waals surface area contributed by atoms with Crippen molar-refractivity contribution in [2.45, 2.75) is 122 Å². The van der Waals surface area contributed by atoms with E-state index in [2.05, 4.69) is 11.8 Å². The second-order valence-corrected chi connectivity index (χ2v) is 20.5. The molecule has 6 aromatic rings. The quantitative estimate of drug-likeness (QED) is 0.171. The van der Waals surface area contributed by atoms with Gasteiger partial charge in [-0.05, 0) is 120 Å². The number of aryl methyl sites for hydroxylation is 1. The zero-order valence-corrected chi connectivity index (χ0v) is 42.3. The van der Waals surface area contributed by atoms with Crippen LogP contribution in [0.15, 0.2) is 52.1 Å². The monoisotopic (exact) mass is 1010 g/mol. The molecule has 19 heteroatoms. The van der Waals surface area contributed by atoms with Gasteiger partial charge >= 0.3 is 18.0 Å². The molecule has 2 atom stereocenters. The van der Waals surface area contributed by atoms with Crippen LogP contribution in [0, 0.1) is 0 Å². The molecule has 10 heterocycles. The van der Waals surface area contributed by atoms with Crippen molar-refractivity contribution >= 4 is 40.0 Å². The molecule has 19 nitrogen and oxygen atoms in total. The number of likely N-dealkylation sites (tertiary alicyclic amines) is 2. The third-order valence-corrected chi connectivity index (χ3v) is 16.0. The number of aliphatic hydroxyl groups is 2. The Bertz CT molecular complexity index is 3470. The molecule has 4 aromatic heterocycles. The van der Waals surface area contributed by atoms with E-state index in [4.69, 9.17) is 29.2 Å².